The van der Waals surface area contributed by atoms with Gasteiger partial charge in [0.05, 0.1) is 19.2 Å². The number of carbonyl (C=O) groups is 2. The summed E-state index contributed by atoms with van der Waals surface area (Å²) in [6.07, 6.45) is 2.49. The number of thiophene rings is 2. The lowest BCUT2D eigenvalue weighted by molar-refractivity contribution is -0.138. The highest BCUT2D eigenvalue weighted by Gasteiger charge is 2.24. The van der Waals surface area contributed by atoms with Crippen molar-refractivity contribution in [3.63, 3.8) is 0 Å². The molecule has 0 radical (unpaired) electrons. The summed E-state index contributed by atoms with van der Waals surface area (Å²) in [5.41, 5.74) is 0. The summed E-state index contributed by atoms with van der Waals surface area (Å²) < 4.78 is 5.41. The van der Waals surface area contributed by atoms with Gasteiger partial charge in [-0.3, -0.25) is 9.59 Å². The normalized spacial score (nSPS) is 12.0. The fourth-order valence-electron chi connectivity index (χ4n) is 2.93. The van der Waals surface area contributed by atoms with Crippen LogP contribution in [-0.2, 0) is 22.6 Å². The minimum absolute atomic E-state index is 0.0498. The van der Waals surface area contributed by atoms with E-state index in [9.17, 15) is 14.7 Å². The average molecular weight is 404 g/mol. The first kappa shape index (κ1) is 19.4. The second kappa shape index (κ2) is 9.53. The molecule has 0 saturated carbocycles. The Bertz CT molecular complexity index is 826. The number of carboxylic acids is 1. The van der Waals surface area contributed by atoms with Gasteiger partial charge in [-0.05, 0) is 41.4 Å². The molecule has 142 valence electrons. The molecule has 1 atom stereocenters. The first-order chi connectivity index (χ1) is 13.1. The van der Waals surface area contributed by atoms with Crippen molar-refractivity contribution < 1.29 is 19.1 Å². The zero-order valence-electron chi connectivity index (χ0n) is 14.7. The molecule has 0 aliphatic heterocycles. The van der Waals surface area contributed by atoms with E-state index in [4.69, 9.17) is 4.42 Å². The Morgan fingerprint density at radius 1 is 1.07 bits per heavy atom. The summed E-state index contributed by atoms with van der Waals surface area (Å²) in [6, 6.07) is 11.5. The molecule has 3 heterocycles. The molecular formula is C20H21NO4S2. The number of furan rings is 1. The zero-order chi connectivity index (χ0) is 19.1. The van der Waals surface area contributed by atoms with Crippen LogP contribution in [0.5, 0.6) is 0 Å². The highest BCUT2D eigenvalue weighted by molar-refractivity contribution is 7.10. The monoisotopic (exact) mass is 403 g/mol. The number of hydrogen-bond donors (Lipinski definition) is 1. The van der Waals surface area contributed by atoms with Gasteiger partial charge in [0, 0.05) is 28.6 Å². The second-order valence-corrected chi connectivity index (χ2v) is 8.25. The number of amides is 1. The largest absolute Gasteiger partial charge is 0.481 e. The summed E-state index contributed by atoms with van der Waals surface area (Å²) >= 11 is 3.16. The van der Waals surface area contributed by atoms with Crippen molar-refractivity contribution in [3.05, 3.63) is 68.9 Å². The molecule has 5 nitrogen and oxygen atoms in total. The third-order valence-corrected chi connectivity index (χ3v) is 6.25. The van der Waals surface area contributed by atoms with Crippen LogP contribution >= 0.6 is 22.7 Å². The fourth-order valence-corrected chi connectivity index (χ4v) is 4.46. The SMILES string of the molecule is O=C(O)CC(CC(=O)N(CCc1cccs1)Cc1ccco1)c1cccs1. The van der Waals surface area contributed by atoms with Crippen LogP contribution in [0.3, 0.4) is 0 Å². The number of carbonyl (C=O) groups excluding carboxylic acids is 1. The molecule has 3 rings (SSSR count). The van der Waals surface area contributed by atoms with Crippen molar-refractivity contribution in [1.29, 1.82) is 0 Å². The minimum Gasteiger partial charge on any atom is -0.481 e. The van der Waals surface area contributed by atoms with Gasteiger partial charge in [-0.1, -0.05) is 12.1 Å². The molecule has 0 fully saturated rings. The maximum atomic E-state index is 13.0. The first-order valence-electron chi connectivity index (χ1n) is 8.69. The van der Waals surface area contributed by atoms with E-state index in [0.717, 1.165) is 17.1 Å². The van der Waals surface area contributed by atoms with Crippen LogP contribution in [-0.4, -0.2) is 28.4 Å². The van der Waals surface area contributed by atoms with Crippen molar-refractivity contribution in [2.24, 2.45) is 0 Å². The van der Waals surface area contributed by atoms with Crippen molar-refractivity contribution in [2.75, 3.05) is 6.54 Å². The van der Waals surface area contributed by atoms with E-state index in [-0.39, 0.29) is 24.7 Å². The van der Waals surface area contributed by atoms with Crippen molar-refractivity contribution in [3.8, 4) is 0 Å². The number of carboxylic acid groups (broad SMARTS) is 1. The van der Waals surface area contributed by atoms with Crippen LogP contribution in [0.15, 0.2) is 57.8 Å². The maximum absolute atomic E-state index is 13.0. The second-order valence-electron chi connectivity index (χ2n) is 6.24. The van der Waals surface area contributed by atoms with Gasteiger partial charge in [0.15, 0.2) is 0 Å². The Balaban J connectivity index is 1.70. The lowest BCUT2D eigenvalue weighted by Gasteiger charge is -2.24. The summed E-state index contributed by atoms with van der Waals surface area (Å²) in [4.78, 5) is 28.2. The summed E-state index contributed by atoms with van der Waals surface area (Å²) in [5, 5.41) is 13.2. The Hall–Kier alpha value is -2.38. The van der Waals surface area contributed by atoms with E-state index >= 15 is 0 Å². The van der Waals surface area contributed by atoms with Gasteiger partial charge < -0.3 is 14.4 Å². The predicted octanol–water partition coefficient (Wildman–Crippen LogP) is 4.62. The first-order valence-corrected chi connectivity index (χ1v) is 10.5. The lowest BCUT2D eigenvalue weighted by Crippen LogP contribution is -2.33. The molecule has 27 heavy (non-hydrogen) atoms. The smallest absolute Gasteiger partial charge is 0.304 e. The van der Waals surface area contributed by atoms with Crippen LogP contribution < -0.4 is 0 Å². The van der Waals surface area contributed by atoms with Gasteiger partial charge in [0.1, 0.15) is 5.76 Å². The molecule has 1 N–H and O–H groups in total. The predicted molar refractivity (Wildman–Crippen MR) is 106 cm³/mol. The molecule has 3 aromatic rings. The Kier molecular flexibility index (Phi) is 6.84. The summed E-state index contributed by atoms with van der Waals surface area (Å²) in [5.74, 6) is -0.531. The van der Waals surface area contributed by atoms with E-state index < -0.39 is 5.97 Å². The van der Waals surface area contributed by atoms with Gasteiger partial charge in [-0.15, -0.1) is 22.7 Å². The zero-order valence-corrected chi connectivity index (χ0v) is 16.4. The molecule has 7 heteroatoms. The molecule has 0 aromatic carbocycles. The Morgan fingerprint density at radius 3 is 2.52 bits per heavy atom. The van der Waals surface area contributed by atoms with Crippen LogP contribution in [0, 0.1) is 0 Å². The van der Waals surface area contributed by atoms with E-state index in [1.807, 2.05) is 35.0 Å². The molecule has 0 bridgehead atoms. The minimum atomic E-state index is -0.891. The average Bonchev–Trinajstić information content (AvgIpc) is 3.41. The molecule has 1 unspecified atom stereocenters. The molecule has 0 saturated heterocycles. The van der Waals surface area contributed by atoms with Crippen LogP contribution in [0.2, 0.25) is 0 Å². The lowest BCUT2D eigenvalue weighted by atomic mass is 9.98. The summed E-state index contributed by atoms with van der Waals surface area (Å²) in [7, 11) is 0. The third-order valence-electron chi connectivity index (χ3n) is 4.28. The maximum Gasteiger partial charge on any atom is 0.304 e. The Morgan fingerprint density at radius 2 is 1.89 bits per heavy atom. The molecule has 3 aromatic heterocycles. The highest BCUT2D eigenvalue weighted by Crippen LogP contribution is 2.29. The topological polar surface area (TPSA) is 70.8 Å². The molecular weight excluding hydrogens is 382 g/mol. The highest BCUT2D eigenvalue weighted by atomic mass is 32.1. The van der Waals surface area contributed by atoms with Crippen LogP contribution in [0.4, 0.5) is 0 Å². The quantitative estimate of drug-likeness (QED) is 0.536. The van der Waals surface area contributed by atoms with Gasteiger partial charge in [-0.25, -0.2) is 0 Å². The number of rotatable bonds is 10. The van der Waals surface area contributed by atoms with E-state index in [2.05, 4.69) is 6.07 Å². The van der Waals surface area contributed by atoms with E-state index in [0.29, 0.717) is 13.1 Å². The molecule has 0 aliphatic rings. The summed E-state index contributed by atoms with van der Waals surface area (Å²) in [6.45, 7) is 0.964. The third kappa shape index (κ3) is 5.80. The number of nitrogens with zero attached hydrogens (tertiary/aromatic N) is 1. The van der Waals surface area contributed by atoms with Crippen molar-refractivity contribution >= 4 is 34.6 Å². The fraction of sp³-hybridized carbons (Fsp3) is 0.300. The van der Waals surface area contributed by atoms with E-state index in [1.54, 1.807) is 28.6 Å². The van der Waals surface area contributed by atoms with Crippen LogP contribution in [0.1, 0.15) is 34.3 Å². The van der Waals surface area contributed by atoms with Gasteiger partial charge >= 0.3 is 5.97 Å². The van der Waals surface area contributed by atoms with Crippen LogP contribution in [0.25, 0.3) is 0 Å². The molecule has 1 amide bonds. The Labute approximate surface area is 165 Å². The van der Waals surface area contributed by atoms with Gasteiger partial charge in [-0.2, -0.15) is 0 Å². The number of aliphatic carboxylic acids is 1. The number of hydrogen-bond acceptors (Lipinski definition) is 5. The van der Waals surface area contributed by atoms with Crippen molar-refractivity contribution in [1.82, 2.24) is 4.90 Å². The molecule has 0 spiro atoms. The standard InChI is InChI=1S/C20H21NO4S2/c22-19(12-15(13-20(23)24)18-6-3-11-27-18)21(14-16-4-1-9-25-16)8-7-17-5-2-10-26-17/h1-6,9-11,15H,7-8,12-14H2,(H,23,24). The van der Waals surface area contributed by atoms with Gasteiger partial charge in [0.2, 0.25) is 5.91 Å². The van der Waals surface area contributed by atoms with Gasteiger partial charge in [0.25, 0.3) is 0 Å². The molecule has 0 aliphatic carbocycles. The van der Waals surface area contributed by atoms with E-state index in [1.165, 1.54) is 16.2 Å². The van der Waals surface area contributed by atoms with Crippen molar-refractivity contribution in [2.45, 2.75) is 31.7 Å².